The van der Waals surface area contributed by atoms with E-state index in [1.54, 1.807) is 12.1 Å². The van der Waals surface area contributed by atoms with Gasteiger partial charge in [-0.05, 0) is 49.3 Å². The number of hydrogen-bond acceptors (Lipinski definition) is 2. The Bertz CT molecular complexity index is 503. The van der Waals surface area contributed by atoms with Crippen LogP contribution in [0.25, 0.3) is 0 Å². The predicted molar refractivity (Wildman–Crippen MR) is 82.9 cm³/mol. The van der Waals surface area contributed by atoms with E-state index in [2.05, 4.69) is 11.8 Å². The molecule has 4 unspecified atom stereocenters. The van der Waals surface area contributed by atoms with Gasteiger partial charge in [-0.15, -0.1) is 12.4 Å². The second-order valence-electron chi connectivity index (χ2n) is 6.41. The van der Waals surface area contributed by atoms with E-state index >= 15 is 0 Å². The van der Waals surface area contributed by atoms with E-state index in [0.717, 1.165) is 25.1 Å². The Morgan fingerprint density at radius 3 is 2.32 bits per heavy atom. The Morgan fingerprint density at radius 2 is 1.77 bits per heavy atom. The van der Waals surface area contributed by atoms with Crippen molar-refractivity contribution in [2.75, 3.05) is 13.1 Å². The van der Waals surface area contributed by atoms with E-state index in [1.165, 1.54) is 18.6 Å². The molecule has 22 heavy (non-hydrogen) atoms. The highest BCUT2D eigenvalue weighted by Crippen LogP contribution is 2.40. The van der Waals surface area contributed by atoms with Crippen molar-refractivity contribution in [3.63, 3.8) is 0 Å². The Balaban J connectivity index is 0.00000176. The van der Waals surface area contributed by atoms with Crippen LogP contribution in [0.1, 0.15) is 36.9 Å². The van der Waals surface area contributed by atoms with Gasteiger partial charge < -0.3 is 5.73 Å². The smallest absolute Gasteiger partial charge is 0.327 e. The van der Waals surface area contributed by atoms with Crippen molar-refractivity contribution in [1.82, 2.24) is 4.90 Å². The van der Waals surface area contributed by atoms with Gasteiger partial charge in [0.1, 0.15) is 0 Å². The number of hydrogen-bond donors (Lipinski definition) is 1. The fourth-order valence-electron chi connectivity index (χ4n) is 3.82. The zero-order valence-electron chi connectivity index (χ0n) is 12.5. The summed E-state index contributed by atoms with van der Waals surface area (Å²) in [5.41, 5.74) is 6.49. The summed E-state index contributed by atoms with van der Waals surface area (Å²) in [7, 11) is 0. The van der Waals surface area contributed by atoms with Crippen molar-refractivity contribution in [2.24, 2.45) is 17.6 Å². The zero-order valence-corrected chi connectivity index (χ0v) is 13.3. The lowest BCUT2D eigenvalue weighted by Crippen LogP contribution is -2.31. The number of halogens is 4. The first-order valence-corrected chi connectivity index (χ1v) is 7.53. The molecule has 1 heterocycles. The zero-order chi connectivity index (χ0) is 15.2. The number of benzene rings is 1. The molecule has 0 bridgehead atoms. The quantitative estimate of drug-likeness (QED) is 0.890. The molecular formula is C16H22ClF3N2. The number of alkyl halides is 3. The molecule has 1 saturated carbocycles. The molecule has 1 aliphatic carbocycles. The van der Waals surface area contributed by atoms with Gasteiger partial charge in [0.25, 0.3) is 0 Å². The van der Waals surface area contributed by atoms with Crippen LogP contribution >= 0.6 is 12.4 Å². The Kier molecular flexibility index (Phi) is 5.09. The average Bonchev–Trinajstić information content (AvgIpc) is 3.00. The van der Waals surface area contributed by atoms with Crippen molar-refractivity contribution < 1.29 is 13.2 Å². The molecule has 124 valence electrons. The minimum Gasteiger partial charge on any atom is -0.327 e. The van der Waals surface area contributed by atoms with Gasteiger partial charge >= 0.3 is 6.18 Å². The highest BCUT2D eigenvalue weighted by molar-refractivity contribution is 5.85. The minimum absolute atomic E-state index is 0. The van der Waals surface area contributed by atoms with E-state index in [9.17, 15) is 13.2 Å². The second kappa shape index (κ2) is 6.38. The largest absolute Gasteiger partial charge is 0.416 e. The van der Waals surface area contributed by atoms with E-state index in [0.29, 0.717) is 17.9 Å². The lowest BCUT2D eigenvalue weighted by molar-refractivity contribution is -0.137. The van der Waals surface area contributed by atoms with Crippen LogP contribution in [0.5, 0.6) is 0 Å². The minimum atomic E-state index is -4.26. The topological polar surface area (TPSA) is 29.3 Å². The van der Waals surface area contributed by atoms with Crippen LogP contribution in [0.15, 0.2) is 24.3 Å². The summed E-state index contributed by atoms with van der Waals surface area (Å²) in [5, 5.41) is 0. The first-order valence-electron chi connectivity index (χ1n) is 7.53. The van der Waals surface area contributed by atoms with Gasteiger partial charge in [-0.1, -0.05) is 12.1 Å². The molecule has 0 amide bonds. The molecular weight excluding hydrogens is 313 g/mol. The lowest BCUT2D eigenvalue weighted by Gasteiger charge is -2.26. The van der Waals surface area contributed by atoms with Crippen LogP contribution in [0.4, 0.5) is 13.2 Å². The van der Waals surface area contributed by atoms with Crippen LogP contribution < -0.4 is 5.73 Å². The van der Waals surface area contributed by atoms with Crippen molar-refractivity contribution in [3.8, 4) is 0 Å². The maximum absolute atomic E-state index is 12.6. The average molecular weight is 335 g/mol. The molecule has 1 aromatic carbocycles. The monoisotopic (exact) mass is 334 g/mol. The first kappa shape index (κ1) is 17.6. The molecule has 1 aliphatic heterocycles. The van der Waals surface area contributed by atoms with E-state index in [-0.39, 0.29) is 18.4 Å². The molecule has 0 spiro atoms. The van der Waals surface area contributed by atoms with Gasteiger partial charge in [0.2, 0.25) is 0 Å². The number of likely N-dealkylation sites (tertiary alicyclic amines) is 1. The summed E-state index contributed by atoms with van der Waals surface area (Å²) >= 11 is 0. The molecule has 0 radical (unpaired) electrons. The highest BCUT2D eigenvalue weighted by Gasteiger charge is 2.42. The van der Waals surface area contributed by atoms with Gasteiger partial charge in [0.15, 0.2) is 0 Å². The lowest BCUT2D eigenvalue weighted by atomic mass is 9.98. The third kappa shape index (κ3) is 3.26. The van der Waals surface area contributed by atoms with Crippen LogP contribution in [0.3, 0.4) is 0 Å². The molecule has 2 nitrogen and oxygen atoms in total. The molecule has 4 atom stereocenters. The highest BCUT2D eigenvalue weighted by atomic mass is 35.5. The number of nitrogens with zero attached hydrogens (tertiary/aromatic N) is 1. The van der Waals surface area contributed by atoms with E-state index < -0.39 is 11.7 Å². The molecule has 1 saturated heterocycles. The first-order chi connectivity index (χ1) is 9.86. The number of rotatable bonds is 2. The number of nitrogens with two attached hydrogens (primary N) is 1. The van der Waals surface area contributed by atoms with Crippen molar-refractivity contribution in [2.45, 2.75) is 38.0 Å². The van der Waals surface area contributed by atoms with Crippen LogP contribution in [0.2, 0.25) is 0 Å². The van der Waals surface area contributed by atoms with Gasteiger partial charge in [0.05, 0.1) is 5.56 Å². The molecule has 2 fully saturated rings. The molecule has 0 aromatic heterocycles. The Hall–Kier alpha value is -0.780. The summed E-state index contributed by atoms with van der Waals surface area (Å²) in [6.45, 7) is 4.05. The van der Waals surface area contributed by atoms with Crippen molar-refractivity contribution >= 4 is 12.4 Å². The molecule has 2 N–H and O–H groups in total. The summed E-state index contributed by atoms with van der Waals surface area (Å²) in [4.78, 5) is 2.36. The maximum Gasteiger partial charge on any atom is 0.416 e. The molecule has 2 aliphatic rings. The third-order valence-electron chi connectivity index (χ3n) is 5.21. The summed E-state index contributed by atoms with van der Waals surface area (Å²) in [5.74, 6) is 1.22. The predicted octanol–water partition coefficient (Wildman–Crippen LogP) is 3.86. The van der Waals surface area contributed by atoms with E-state index in [1.807, 2.05) is 0 Å². The fraction of sp³-hybridized carbons (Fsp3) is 0.625. The Labute approximate surface area is 135 Å². The standard InChI is InChI=1S/C16H21F3N2.ClH/c1-10(11-2-5-13(6-3-11)16(17,18)19)21-8-12-4-7-15(20)14(12)9-21;/h2-3,5-6,10,12,14-15H,4,7-9,20H2,1H3;1H. The van der Waals surface area contributed by atoms with Crippen LogP contribution in [-0.2, 0) is 6.18 Å². The van der Waals surface area contributed by atoms with Crippen molar-refractivity contribution in [1.29, 1.82) is 0 Å². The normalized spacial score (nSPS) is 30.0. The van der Waals surface area contributed by atoms with Gasteiger partial charge in [-0.3, -0.25) is 4.90 Å². The summed E-state index contributed by atoms with van der Waals surface area (Å²) in [6, 6.07) is 5.98. The molecule has 3 rings (SSSR count). The fourth-order valence-corrected chi connectivity index (χ4v) is 3.82. The summed E-state index contributed by atoms with van der Waals surface area (Å²) < 4.78 is 37.8. The Morgan fingerprint density at radius 1 is 1.14 bits per heavy atom. The van der Waals surface area contributed by atoms with Gasteiger partial charge in [0, 0.05) is 25.2 Å². The number of fused-ring (bicyclic) bond motifs is 1. The SMILES string of the molecule is CC(c1ccc(C(F)(F)F)cc1)N1CC2CCC(N)C2C1.Cl. The third-order valence-corrected chi connectivity index (χ3v) is 5.21. The van der Waals surface area contributed by atoms with E-state index in [4.69, 9.17) is 5.73 Å². The molecule has 6 heteroatoms. The molecule has 1 aromatic rings. The van der Waals surface area contributed by atoms with Crippen LogP contribution in [-0.4, -0.2) is 24.0 Å². The maximum atomic E-state index is 12.6. The van der Waals surface area contributed by atoms with Crippen LogP contribution in [0, 0.1) is 11.8 Å². The van der Waals surface area contributed by atoms with Gasteiger partial charge in [-0.25, -0.2) is 0 Å². The van der Waals surface area contributed by atoms with Crippen molar-refractivity contribution in [3.05, 3.63) is 35.4 Å². The summed E-state index contributed by atoms with van der Waals surface area (Å²) in [6.07, 6.45) is -1.97. The van der Waals surface area contributed by atoms with Gasteiger partial charge in [-0.2, -0.15) is 13.2 Å². The second-order valence-corrected chi connectivity index (χ2v) is 6.41.